The van der Waals surface area contributed by atoms with Crippen molar-refractivity contribution >= 4 is 27.1 Å². The molecule has 90 valence electrons. The molecule has 1 aromatic carbocycles. The average molecular weight is 269 g/mol. The smallest absolute Gasteiger partial charge is 0.175 e. The quantitative estimate of drug-likeness (QED) is 0.911. The molecule has 0 fully saturated rings. The summed E-state index contributed by atoms with van der Waals surface area (Å²) in [5, 5.41) is 8.89. The Morgan fingerprint density at radius 1 is 1.29 bits per heavy atom. The average Bonchev–Trinajstić information content (AvgIpc) is 2.78. The molecule has 1 aromatic heterocycles. The second-order valence-electron chi connectivity index (χ2n) is 3.55. The van der Waals surface area contributed by atoms with Gasteiger partial charge < -0.3 is 5.32 Å². The Morgan fingerprint density at radius 3 is 2.53 bits per heavy atom. The van der Waals surface area contributed by atoms with E-state index in [1.807, 2.05) is 5.38 Å². The van der Waals surface area contributed by atoms with Crippen LogP contribution in [0.4, 0.5) is 5.69 Å². The lowest BCUT2D eigenvalue weighted by molar-refractivity contribution is 0.602. The third-order valence-electron chi connectivity index (χ3n) is 2.16. The summed E-state index contributed by atoms with van der Waals surface area (Å²) in [5.41, 5.74) is 1.72. The summed E-state index contributed by atoms with van der Waals surface area (Å²) < 4.78 is 26.3. The number of benzene rings is 1. The summed E-state index contributed by atoms with van der Waals surface area (Å²) in [4.78, 5) is 0.318. The van der Waals surface area contributed by atoms with Gasteiger partial charge in [0.25, 0.3) is 0 Å². The van der Waals surface area contributed by atoms with Crippen LogP contribution in [0, 0.1) is 0 Å². The summed E-state index contributed by atoms with van der Waals surface area (Å²) in [6, 6.07) is 6.63. The van der Waals surface area contributed by atoms with Gasteiger partial charge in [-0.3, -0.25) is 0 Å². The fraction of sp³-hybridized carbons (Fsp3) is 0.200. The van der Waals surface area contributed by atoms with Crippen LogP contribution in [0.25, 0.3) is 0 Å². The van der Waals surface area contributed by atoms with E-state index in [9.17, 15) is 8.42 Å². The van der Waals surface area contributed by atoms with Gasteiger partial charge in [-0.25, -0.2) is 8.42 Å². The molecule has 0 aliphatic heterocycles. The molecule has 0 aliphatic carbocycles. The Morgan fingerprint density at radius 2 is 2.00 bits per heavy atom. The molecule has 2 rings (SSSR count). The molecule has 0 saturated heterocycles. The van der Waals surface area contributed by atoms with Crippen molar-refractivity contribution < 1.29 is 8.42 Å². The van der Waals surface area contributed by atoms with Crippen molar-refractivity contribution in [2.45, 2.75) is 11.4 Å². The first-order valence-corrected chi connectivity index (χ1v) is 7.58. The fourth-order valence-corrected chi connectivity index (χ4v) is 2.36. The van der Waals surface area contributed by atoms with Crippen molar-refractivity contribution in [3.8, 4) is 0 Å². The van der Waals surface area contributed by atoms with E-state index in [0.29, 0.717) is 11.4 Å². The minimum atomic E-state index is -3.13. The summed E-state index contributed by atoms with van der Waals surface area (Å²) in [7, 11) is -3.13. The third-order valence-corrected chi connectivity index (χ3v) is 3.84. The maximum atomic E-state index is 11.3. The van der Waals surface area contributed by atoms with Gasteiger partial charge in [0, 0.05) is 17.3 Å². The number of anilines is 1. The fourth-order valence-electron chi connectivity index (χ4n) is 1.27. The molecule has 0 saturated carbocycles. The number of nitrogens with zero attached hydrogens (tertiary/aromatic N) is 2. The van der Waals surface area contributed by atoms with Crippen LogP contribution in [0.3, 0.4) is 0 Å². The highest BCUT2D eigenvalue weighted by atomic mass is 32.2. The van der Waals surface area contributed by atoms with E-state index in [2.05, 4.69) is 14.9 Å². The maximum Gasteiger partial charge on any atom is 0.175 e. The molecule has 0 aliphatic rings. The van der Waals surface area contributed by atoms with Gasteiger partial charge in [-0.1, -0.05) is 4.49 Å². The minimum absolute atomic E-state index is 0.318. The van der Waals surface area contributed by atoms with E-state index in [1.54, 1.807) is 24.3 Å². The van der Waals surface area contributed by atoms with Gasteiger partial charge in [0.15, 0.2) is 9.84 Å². The first-order valence-electron chi connectivity index (χ1n) is 4.85. The predicted molar refractivity (Wildman–Crippen MR) is 66.8 cm³/mol. The Bertz CT molecular complexity index is 577. The molecule has 1 N–H and O–H groups in total. The summed E-state index contributed by atoms with van der Waals surface area (Å²) in [6.07, 6.45) is 1.19. The topological polar surface area (TPSA) is 72.0 Å². The van der Waals surface area contributed by atoms with E-state index >= 15 is 0 Å². The number of hydrogen-bond acceptors (Lipinski definition) is 6. The van der Waals surface area contributed by atoms with Gasteiger partial charge in [-0.15, -0.1) is 5.10 Å². The predicted octanol–water partition coefficient (Wildman–Crippen LogP) is 1.55. The van der Waals surface area contributed by atoms with Gasteiger partial charge in [-0.05, 0) is 35.8 Å². The van der Waals surface area contributed by atoms with Crippen LogP contribution in [0.2, 0.25) is 0 Å². The second-order valence-corrected chi connectivity index (χ2v) is 6.17. The first-order chi connectivity index (χ1) is 8.05. The first kappa shape index (κ1) is 12.0. The molecule has 0 spiro atoms. The molecule has 0 unspecified atom stereocenters. The number of hydrogen-bond donors (Lipinski definition) is 1. The molecule has 0 bridgehead atoms. The van der Waals surface area contributed by atoms with E-state index in [1.165, 1.54) is 17.8 Å². The highest BCUT2D eigenvalue weighted by Gasteiger charge is 2.05. The zero-order chi connectivity index (χ0) is 12.3. The van der Waals surface area contributed by atoms with Crippen molar-refractivity contribution in [3.05, 3.63) is 35.3 Å². The lowest BCUT2D eigenvalue weighted by Crippen LogP contribution is -2.01. The zero-order valence-electron chi connectivity index (χ0n) is 9.12. The van der Waals surface area contributed by atoms with Gasteiger partial charge in [0.2, 0.25) is 0 Å². The lowest BCUT2D eigenvalue weighted by Gasteiger charge is -2.04. The molecular formula is C10H11N3O2S2. The summed E-state index contributed by atoms with van der Waals surface area (Å²) in [6.45, 7) is 0.578. The Balaban J connectivity index is 2.04. The molecule has 1 heterocycles. The van der Waals surface area contributed by atoms with Crippen LogP contribution in [-0.4, -0.2) is 24.3 Å². The number of nitrogens with one attached hydrogen (secondary N) is 1. The summed E-state index contributed by atoms with van der Waals surface area (Å²) >= 11 is 1.30. The van der Waals surface area contributed by atoms with Crippen LogP contribution >= 0.6 is 11.5 Å². The van der Waals surface area contributed by atoms with E-state index < -0.39 is 9.84 Å². The van der Waals surface area contributed by atoms with Gasteiger partial charge in [-0.2, -0.15) is 0 Å². The molecule has 2 aromatic rings. The van der Waals surface area contributed by atoms with Gasteiger partial charge in [0.05, 0.1) is 17.1 Å². The molecule has 7 heteroatoms. The van der Waals surface area contributed by atoms with Crippen molar-refractivity contribution in [1.82, 2.24) is 9.59 Å². The van der Waals surface area contributed by atoms with E-state index in [-0.39, 0.29) is 0 Å². The number of aromatic nitrogens is 2. The van der Waals surface area contributed by atoms with Crippen molar-refractivity contribution in [2.24, 2.45) is 0 Å². The standard InChI is InChI=1S/C10H11N3O2S2/c1-17(14,15)10-4-2-8(3-5-10)11-6-9-7-16-13-12-9/h2-5,7,11H,6H2,1H3. The van der Waals surface area contributed by atoms with Gasteiger partial charge >= 0.3 is 0 Å². The Labute approximate surface area is 104 Å². The van der Waals surface area contributed by atoms with Crippen LogP contribution < -0.4 is 5.32 Å². The van der Waals surface area contributed by atoms with Crippen molar-refractivity contribution in [1.29, 1.82) is 0 Å². The maximum absolute atomic E-state index is 11.3. The highest BCUT2D eigenvalue weighted by molar-refractivity contribution is 7.90. The monoisotopic (exact) mass is 269 g/mol. The molecule has 17 heavy (non-hydrogen) atoms. The van der Waals surface area contributed by atoms with Crippen molar-refractivity contribution in [2.75, 3.05) is 11.6 Å². The Hall–Kier alpha value is -1.47. The van der Waals surface area contributed by atoms with Gasteiger partial charge in [0.1, 0.15) is 0 Å². The van der Waals surface area contributed by atoms with E-state index in [4.69, 9.17) is 0 Å². The molecule has 0 radical (unpaired) electrons. The minimum Gasteiger partial charge on any atom is -0.379 e. The van der Waals surface area contributed by atoms with Crippen LogP contribution in [0.15, 0.2) is 34.5 Å². The number of rotatable bonds is 4. The van der Waals surface area contributed by atoms with Crippen LogP contribution in [0.1, 0.15) is 5.69 Å². The summed E-state index contributed by atoms with van der Waals surface area (Å²) in [5.74, 6) is 0. The molecule has 0 atom stereocenters. The van der Waals surface area contributed by atoms with Crippen LogP contribution in [-0.2, 0) is 16.4 Å². The largest absolute Gasteiger partial charge is 0.379 e. The molecule has 5 nitrogen and oxygen atoms in total. The third kappa shape index (κ3) is 3.24. The highest BCUT2D eigenvalue weighted by Crippen LogP contribution is 2.14. The molecular weight excluding hydrogens is 258 g/mol. The second kappa shape index (κ2) is 4.80. The number of sulfone groups is 1. The SMILES string of the molecule is CS(=O)(=O)c1ccc(NCc2csnn2)cc1. The normalized spacial score (nSPS) is 11.4. The van der Waals surface area contributed by atoms with Crippen LogP contribution in [0.5, 0.6) is 0 Å². The lowest BCUT2D eigenvalue weighted by atomic mass is 10.3. The zero-order valence-corrected chi connectivity index (χ0v) is 10.8. The Kier molecular flexibility index (Phi) is 3.39. The molecule has 0 amide bonds. The van der Waals surface area contributed by atoms with Crippen molar-refractivity contribution in [3.63, 3.8) is 0 Å². The van der Waals surface area contributed by atoms with E-state index in [0.717, 1.165) is 11.4 Å².